The van der Waals surface area contributed by atoms with Crippen LogP contribution in [0.4, 0.5) is 0 Å². The van der Waals surface area contributed by atoms with Gasteiger partial charge in [0.25, 0.3) is 0 Å². The Balaban J connectivity index is 2.09. The van der Waals surface area contributed by atoms with Crippen molar-refractivity contribution in [1.82, 2.24) is 4.90 Å². The van der Waals surface area contributed by atoms with Crippen LogP contribution in [0.15, 0.2) is 48.5 Å². The second-order valence-corrected chi connectivity index (χ2v) is 7.82. The molecule has 2 aromatic rings. The number of piperidine rings is 1. The van der Waals surface area contributed by atoms with Gasteiger partial charge in [0.15, 0.2) is 11.5 Å². The summed E-state index contributed by atoms with van der Waals surface area (Å²) >= 11 is 6.02. The van der Waals surface area contributed by atoms with Crippen LogP contribution in [0.2, 0.25) is 0 Å². The number of hydrogen-bond acceptors (Lipinski definition) is 4. The van der Waals surface area contributed by atoms with E-state index in [1.54, 1.807) is 14.2 Å². The smallest absolute Gasteiger partial charge is 0.161 e. The number of likely N-dealkylation sites (tertiary alicyclic amines) is 1. The molecule has 2 aromatic carbocycles. The normalized spacial score (nSPS) is 22.8. The second kappa shape index (κ2) is 9.64. The average Bonchev–Trinajstić information content (AvgIpc) is 2.73. The summed E-state index contributed by atoms with van der Waals surface area (Å²) in [6, 6.07) is 16.6. The fourth-order valence-electron chi connectivity index (χ4n) is 4.36. The number of halogens is 1. The molecule has 1 N–H and O–H groups in total. The fraction of sp³-hybridized carbons (Fsp3) is 0.478. The highest BCUT2D eigenvalue weighted by molar-refractivity contribution is 6.17. The van der Waals surface area contributed by atoms with Crippen molar-refractivity contribution in [2.45, 2.75) is 37.3 Å². The Morgan fingerprint density at radius 1 is 1.11 bits per heavy atom. The monoisotopic (exact) mass is 403 g/mol. The number of benzene rings is 2. The van der Waals surface area contributed by atoms with Crippen LogP contribution in [0.1, 0.15) is 30.4 Å². The molecule has 0 spiro atoms. The number of ether oxygens (including phenoxy) is 2. The van der Waals surface area contributed by atoms with Gasteiger partial charge in [-0.2, -0.15) is 0 Å². The van der Waals surface area contributed by atoms with Crippen LogP contribution in [-0.2, 0) is 12.0 Å². The predicted molar refractivity (Wildman–Crippen MR) is 114 cm³/mol. The summed E-state index contributed by atoms with van der Waals surface area (Å²) < 4.78 is 11.0. The van der Waals surface area contributed by atoms with Gasteiger partial charge in [0.2, 0.25) is 0 Å². The molecule has 0 bridgehead atoms. The third-order valence-electron chi connectivity index (χ3n) is 5.73. The minimum absolute atomic E-state index is 0.315. The number of hydrogen-bond donors (Lipinski definition) is 1. The fourth-order valence-corrected chi connectivity index (χ4v) is 4.48. The van der Waals surface area contributed by atoms with Gasteiger partial charge in [0, 0.05) is 19.0 Å². The second-order valence-electron chi connectivity index (χ2n) is 7.44. The molecule has 0 amide bonds. The van der Waals surface area contributed by atoms with Gasteiger partial charge in [-0.15, -0.1) is 11.6 Å². The molecule has 1 heterocycles. The first kappa shape index (κ1) is 21.0. The van der Waals surface area contributed by atoms with Crippen molar-refractivity contribution < 1.29 is 14.6 Å². The van der Waals surface area contributed by atoms with E-state index in [2.05, 4.69) is 41.3 Å². The first-order valence-corrected chi connectivity index (χ1v) is 10.4. The molecule has 1 aliphatic rings. The topological polar surface area (TPSA) is 41.9 Å². The predicted octanol–water partition coefficient (Wildman–Crippen LogP) is 4.23. The minimum Gasteiger partial charge on any atom is -0.493 e. The van der Waals surface area contributed by atoms with Gasteiger partial charge in [0.05, 0.1) is 25.9 Å². The molecule has 4 nitrogen and oxygen atoms in total. The summed E-state index contributed by atoms with van der Waals surface area (Å²) in [5.41, 5.74) is 2.08. The third kappa shape index (κ3) is 4.45. The first-order valence-electron chi connectivity index (χ1n) is 9.88. The van der Waals surface area contributed by atoms with E-state index in [4.69, 9.17) is 21.1 Å². The Labute approximate surface area is 173 Å². The van der Waals surface area contributed by atoms with Crippen molar-refractivity contribution in [3.8, 4) is 11.5 Å². The first-order chi connectivity index (χ1) is 13.6. The molecule has 1 aliphatic heterocycles. The maximum atomic E-state index is 10.6. The molecule has 1 saturated heterocycles. The summed E-state index contributed by atoms with van der Waals surface area (Å²) in [4.78, 5) is 2.50. The van der Waals surface area contributed by atoms with E-state index in [0.717, 1.165) is 37.9 Å². The van der Waals surface area contributed by atoms with Crippen LogP contribution < -0.4 is 9.47 Å². The van der Waals surface area contributed by atoms with Gasteiger partial charge in [-0.25, -0.2) is 0 Å². The van der Waals surface area contributed by atoms with Gasteiger partial charge >= 0.3 is 0 Å². The van der Waals surface area contributed by atoms with Crippen molar-refractivity contribution in [2.24, 2.45) is 0 Å². The summed E-state index contributed by atoms with van der Waals surface area (Å²) in [5.74, 6) is 2.06. The van der Waals surface area contributed by atoms with E-state index in [1.807, 2.05) is 12.1 Å². The summed E-state index contributed by atoms with van der Waals surface area (Å²) in [7, 11) is 3.31. The summed E-state index contributed by atoms with van der Waals surface area (Å²) in [6.07, 6.45) is 2.87. The zero-order valence-electron chi connectivity index (χ0n) is 16.7. The van der Waals surface area contributed by atoms with Gasteiger partial charge in [-0.1, -0.05) is 36.4 Å². The Morgan fingerprint density at radius 3 is 2.54 bits per heavy atom. The zero-order valence-corrected chi connectivity index (χ0v) is 17.5. The van der Waals surface area contributed by atoms with Gasteiger partial charge < -0.3 is 14.6 Å². The SMILES string of the molecule is COc1ccc(C2(Cc3ccccc3)CC(O)CCN2CCCCl)cc1OC. The highest BCUT2D eigenvalue weighted by Crippen LogP contribution is 2.43. The molecule has 0 saturated carbocycles. The zero-order chi connectivity index (χ0) is 20.0. The van der Waals surface area contributed by atoms with Crippen LogP contribution in [0, 0.1) is 0 Å². The van der Waals surface area contributed by atoms with E-state index in [-0.39, 0.29) is 11.6 Å². The van der Waals surface area contributed by atoms with Crippen molar-refractivity contribution in [2.75, 3.05) is 33.2 Å². The molecule has 0 aromatic heterocycles. The van der Waals surface area contributed by atoms with E-state index in [1.165, 1.54) is 5.56 Å². The van der Waals surface area contributed by atoms with Crippen LogP contribution in [0.3, 0.4) is 0 Å². The van der Waals surface area contributed by atoms with E-state index >= 15 is 0 Å². The quantitative estimate of drug-likeness (QED) is 0.670. The molecular formula is C23H30ClNO3. The molecule has 152 valence electrons. The lowest BCUT2D eigenvalue weighted by molar-refractivity contribution is -0.0259. The molecule has 0 radical (unpaired) electrons. The van der Waals surface area contributed by atoms with Crippen molar-refractivity contribution >= 4 is 11.6 Å². The highest BCUT2D eigenvalue weighted by atomic mass is 35.5. The molecule has 1 fully saturated rings. The third-order valence-corrected chi connectivity index (χ3v) is 6.00. The van der Waals surface area contributed by atoms with Crippen LogP contribution in [0.25, 0.3) is 0 Å². The van der Waals surface area contributed by atoms with Crippen LogP contribution in [-0.4, -0.2) is 49.3 Å². The lowest BCUT2D eigenvalue weighted by Gasteiger charge is -2.50. The maximum absolute atomic E-state index is 10.6. The van der Waals surface area contributed by atoms with Crippen LogP contribution >= 0.6 is 11.6 Å². The number of rotatable bonds is 8. The molecular weight excluding hydrogens is 374 g/mol. The molecule has 3 rings (SSSR count). The molecule has 0 aliphatic carbocycles. The maximum Gasteiger partial charge on any atom is 0.161 e. The molecule has 28 heavy (non-hydrogen) atoms. The van der Waals surface area contributed by atoms with Crippen molar-refractivity contribution in [1.29, 1.82) is 0 Å². The standard InChI is InChI=1S/C23H30ClNO3/c1-27-21-10-9-19(15-22(21)28-2)23(16-18-7-4-3-5-8-18)17-20(26)11-14-25(23)13-6-12-24/h3-5,7-10,15,20,26H,6,11-14,16-17H2,1-2H3. The van der Waals surface area contributed by atoms with Gasteiger partial charge in [-0.05, 0) is 48.9 Å². The van der Waals surface area contributed by atoms with Crippen LogP contribution in [0.5, 0.6) is 11.5 Å². The Morgan fingerprint density at radius 2 is 1.86 bits per heavy atom. The van der Waals surface area contributed by atoms with E-state index < -0.39 is 0 Å². The lowest BCUT2D eigenvalue weighted by atomic mass is 9.74. The Kier molecular flexibility index (Phi) is 7.22. The Bertz CT molecular complexity index is 753. The van der Waals surface area contributed by atoms with Crippen molar-refractivity contribution in [3.63, 3.8) is 0 Å². The number of methoxy groups -OCH3 is 2. The van der Waals surface area contributed by atoms with E-state index in [9.17, 15) is 5.11 Å². The number of nitrogens with zero attached hydrogens (tertiary/aromatic N) is 1. The lowest BCUT2D eigenvalue weighted by Crippen LogP contribution is -2.54. The molecule has 5 heteroatoms. The van der Waals surface area contributed by atoms with Gasteiger partial charge in [-0.3, -0.25) is 4.90 Å². The summed E-state index contributed by atoms with van der Waals surface area (Å²) in [6.45, 7) is 1.75. The number of aliphatic hydroxyl groups excluding tert-OH is 1. The highest BCUT2D eigenvalue weighted by Gasteiger charge is 2.43. The van der Waals surface area contributed by atoms with Gasteiger partial charge in [0.1, 0.15) is 0 Å². The molecule has 2 unspecified atom stereocenters. The Hall–Kier alpha value is -1.75. The molecule has 2 atom stereocenters. The largest absolute Gasteiger partial charge is 0.493 e. The van der Waals surface area contributed by atoms with E-state index in [0.29, 0.717) is 23.8 Å². The number of alkyl halides is 1. The number of aliphatic hydroxyl groups is 1. The summed E-state index contributed by atoms with van der Waals surface area (Å²) in [5, 5.41) is 10.6. The minimum atomic E-state index is -0.330. The van der Waals surface area contributed by atoms with Crippen molar-refractivity contribution in [3.05, 3.63) is 59.7 Å². The average molecular weight is 404 g/mol.